The molecule has 8 nitrogen and oxygen atoms in total. The summed E-state index contributed by atoms with van der Waals surface area (Å²) in [5.74, 6) is -0.160. The fourth-order valence-electron chi connectivity index (χ4n) is 7.28. The van der Waals surface area contributed by atoms with Crippen molar-refractivity contribution in [3.05, 3.63) is 0 Å². The summed E-state index contributed by atoms with van der Waals surface area (Å²) in [6.07, 6.45) is 42.4. The third-order valence-corrected chi connectivity index (χ3v) is 12.1. The Labute approximate surface area is 342 Å². The summed E-state index contributed by atoms with van der Waals surface area (Å²) >= 11 is 0. The van der Waals surface area contributed by atoms with E-state index in [4.69, 9.17) is 9.05 Å². The number of carbonyl (C=O) groups is 1. The second-order valence-electron chi connectivity index (χ2n) is 17.8. The minimum atomic E-state index is -4.56. The molecule has 0 fully saturated rings. The van der Waals surface area contributed by atoms with E-state index >= 15 is 0 Å². The number of likely N-dealkylation sites (N-methyl/N-ethyl adjacent to an activating group) is 1. The molecule has 0 aromatic carbocycles. The van der Waals surface area contributed by atoms with E-state index in [0.29, 0.717) is 23.9 Å². The van der Waals surface area contributed by atoms with Crippen LogP contribution in [-0.2, 0) is 18.4 Å². The quantitative estimate of drug-likeness (QED) is 0.0361. The number of carbonyl (C=O) groups excluding carboxylic acids is 1. The maximum atomic E-state index is 12.9. The van der Waals surface area contributed by atoms with Crippen LogP contribution in [0.5, 0.6) is 0 Å². The number of unbranched alkanes of at least 4 members (excludes halogenated alkanes) is 31. The number of hydrogen-bond donors (Lipinski definition) is 2. The van der Waals surface area contributed by atoms with Crippen LogP contribution in [0.25, 0.3) is 0 Å². The van der Waals surface area contributed by atoms with Crippen LogP contribution in [0.15, 0.2) is 0 Å². The molecule has 0 saturated heterocycles. The number of nitrogens with one attached hydrogen (secondary N) is 1. The average molecular weight is 803 g/mol. The Balaban J connectivity index is 4.27. The summed E-state index contributed by atoms with van der Waals surface area (Å²) in [6.45, 7) is 4.75. The fourth-order valence-corrected chi connectivity index (χ4v) is 8.00. The molecule has 0 aromatic heterocycles. The maximum absolute atomic E-state index is 12.9. The van der Waals surface area contributed by atoms with Gasteiger partial charge in [-0.15, -0.1) is 0 Å². The van der Waals surface area contributed by atoms with Gasteiger partial charge in [-0.05, 0) is 12.8 Å². The van der Waals surface area contributed by atoms with E-state index in [9.17, 15) is 19.4 Å². The lowest BCUT2D eigenvalue weighted by atomic mass is 10.0. The molecule has 330 valence electrons. The predicted octanol–water partition coefficient (Wildman–Crippen LogP) is 12.7. The van der Waals surface area contributed by atoms with Crippen LogP contribution >= 0.6 is 7.82 Å². The van der Waals surface area contributed by atoms with E-state index in [2.05, 4.69) is 19.2 Å². The van der Waals surface area contributed by atoms with Gasteiger partial charge in [0.15, 0.2) is 0 Å². The second-order valence-corrected chi connectivity index (χ2v) is 19.2. The third kappa shape index (κ3) is 41.5. The lowest BCUT2D eigenvalue weighted by molar-refractivity contribution is -0.870. The van der Waals surface area contributed by atoms with Crippen LogP contribution in [0.4, 0.5) is 0 Å². The van der Waals surface area contributed by atoms with Crippen LogP contribution in [0.2, 0.25) is 0 Å². The highest BCUT2D eigenvalue weighted by atomic mass is 31.2. The molecule has 2 N–H and O–H groups in total. The highest BCUT2D eigenvalue weighted by molar-refractivity contribution is 7.45. The second kappa shape index (κ2) is 39.0. The van der Waals surface area contributed by atoms with Crippen LogP contribution in [0, 0.1) is 0 Å². The van der Waals surface area contributed by atoms with E-state index in [0.717, 1.165) is 38.5 Å². The van der Waals surface area contributed by atoms with Gasteiger partial charge in [0, 0.05) is 6.42 Å². The molecule has 0 spiro atoms. The lowest BCUT2D eigenvalue weighted by Crippen LogP contribution is -2.46. The molecule has 0 saturated carbocycles. The molecule has 0 aliphatic heterocycles. The zero-order valence-corrected chi connectivity index (χ0v) is 38.3. The molecule has 0 rings (SSSR count). The van der Waals surface area contributed by atoms with Crippen molar-refractivity contribution < 1.29 is 32.9 Å². The SMILES string of the molecule is CCCCCCCCCCCCCCCCCCCCC(=O)NC(COP(=O)([O-])OCC[N+](C)(C)C)C(O)CCCCCCCCCCCCCCCCC. The Morgan fingerprint density at radius 3 is 1.24 bits per heavy atom. The molecular formula is C46H95N2O6P. The Hall–Kier alpha value is -0.500. The van der Waals surface area contributed by atoms with Gasteiger partial charge < -0.3 is 28.8 Å². The van der Waals surface area contributed by atoms with E-state index < -0.39 is 20.0 Å². The minimum Gasteiger partial charge on any atom is -0.756 e. The van der Waals surface area contributed by atoms with Crippen LogP contribution in [-0.4, -0.2) is 68.5 Å². The average Bonchev–Trinajstić information content (AvgIpc) is 3.13. The van der Waals surface area contributed by atoms with Gasteiger partial charge in [-0.1, -0.05) is 219 Å². The standard InChI is InChI=1S/C46H95N2O6P/c1-6-8-10-12-14-16-18-20-22-23-24-26-28-30-32-34-36-38-40-46(50)47-44(43-54-55(51,52)53-42-41-48(3,4)5)45(49)39-37-35-33-31-29-27-25-21-19-17-15-13-11-9-7-2/h44-45,49H,6-43H2,1-5H3,(H-,47,50,51,52). The van der Waals surface area contributed by atoms with Crippen molar-refractivity contribution >= 4 is 13.7 Å². The monoisotopic (exact) mass is 803 g/mol. The molecule has 0 radical (unpaired) electrons. The molecule has 0 heterocycles. The number of hydrogen-bond acceptors (Lipinski definition) is 6. The summed E-state index contributed by atoms with van der Waals surface area (Å²) in [7, 11) is 1.32. The van der Waals surface area contributed by atoms with Crippen molar-refractivity contribution in [2.75, 3.05) is 40.9 Å². The summed E-state index contributed by atoms with van der Waals surface area (Å²) in [4.78, 5) is 25.4. The number of quaternary nitrogens is 1. The molecule has 3 atom stereocenters. The maximum Gasteiger partial charge on any atom is 0.268 e. The van der Waals surface area contributed by atoms with Gasteiger partial charge in [0.25, 0.3) is 7.82 Å². The number of phosphoric ester groups is 1. The van der Waals surface area contributed by atoms with Gasteiger partial charge in [-0.25, -0.2) is 0 Å². The topological polar surface area (TPSA) is 108 Å². The van der Waals surface area contributed by atoms with Crippen LogP contribution in [0.1, 0.15) is 239 Å². The Bertz CT molecular complexity index is 870. The normalized spacial score (nSPS) is 14.2. The Kier molecular flexibility index (Phi) is 38.6. The van der Waals surface area contributed by atoms with Gasteiger partial charge in [-0.3, -0.25) is 9.36 Å². The first-order valence-corrected chi connectivity index (χ1v) is 25.3. The molecule has 0 aliphatic carbocycles. The van der Waals surface area contributed by atoms with Gasteiger partial charge in [0.1, 0.15) is 13.2 Å². The van der Waals surface area contributed by atoms with Crippen molar-refractivity contribution in [3.63, 3.8) is 0 Å². The van der Waals surface area contributed by atoms with Gasteiger partial charge in [0.2, 0.25) is 5.91 Å². The largest absolute Gasteiger partial charge is 0.756 e. The van der Waals surface area contributed by atoms with Crippen molar-refractivity contribution in [2.24, 2.45) is 0 Å². The number of nitrogens with zero attached hydrogens (tertiary/aromatic N) is 1. The first-order valence-electron chi connectivity index (χ1n) is 23.9. The van der Waals surface area contributed by atoms with Crippen molar-refractivity contribution in [1.29, 1.82) is 0 Å². The third-order valence-electron chi connectivity index (χ3n) is 11.1. The van der Waals surface area contributed by atoms with Gasteiger partial charge in [0.05, 0.1) is 39.9 Å². The smallest absolute Gasteiger partial charge is 0.268 e. The highest BCUT2D eigenvalue weighted by Gasteiger charge is 2.24. The summed E-state index contributed by atoms with van der Waals surface area (Å²) < 4.78 is 23.3. The molecule has 0 bridgehead atoms. The number of aliphatic hydroxyl groups is 1. The molecule has 3 unspecified atom stereocenters. The van der Waals surface area contributed by atoms with Crippen LogP contribution < -0.4 is 10.2 Å². The van der Waals surface area contributed by atoms with Gasteiger partial charge >= 0.3 is 0 Å². The van der Waals surface area contributed by atoms with Crippen molar-refractivity contribution in [3.8, 4) is 0 Å². The molecule has 0 aromatic rings. The van der Waals surface area contributed by atoms with Crippen molar-refractivity contribution in [1.82, 2.24) is 5.32 Å². The number of phosphoric acid groups is 1. The number of aliphatic hydroxyl groups excluding tert-OH is 1. The summed E-state index contributed by atoms with van der Waals surface area (Å²) in [6, 6.07) is -0.793. The van der Waals surface area contributed by atoms with Crippen LogP contribution in [0.3, 0.4) is 0 Å². The van der Waals surface area contributed by atoms with Gasteiger partial charge in [-0.2, -0.15) is 0 Å². The molecule has 55 heavy (non-hydrogen) atoms. The van der Waals surface area contributed by atoms with E-state index in [-0.39, 0.29) is 19.1 Å². The molecule has 0 aliphatic rings. The molecule has 9 heteroatoms. The summed E-state index contributed by atoms with van der Waals surface area (Å²) in [5, 5.41) is 13.9. The number of rotatable bonds is 44. The molecule has 1 amide bonds. The van der Waals surface area contributed by atoms with Crippen molar-refractivity contribution in [2.45, 2.75) is 251 Å². The Morgan fingerprint density at radius 2 is 0.891 bits per heavy atom. The lowest BCUT2D eigenvalue weighted by Gasteiger charge is -2.30. The molecular weight excluding hydrogens is 707 g/mol. The van der Waals surface area contributed by atoms with E-state index in [1.165, 1.54) is 173 Å². The number of amides is 1. The zero-order chi connectivity index (χ0) is 40.7. The van der Waals surface area contributed by atoms with E-state index in [1.54, 1.807) is 0 Å². The summed E-state index contributed by atoms with van der Waals surface area (Å²) in [5.41, 5.74) is 0. The Morgan fingerprint density at radius 1 is 0.564 bits per heavy atom. The first kappa shape index (κ1) is 54.5. The van der Waals surface area contributed by atoms with E-state index in [1.807, 2.05) is 21.1 Å². The minimum absolute atomic E-state index is 0.0162. The predicted molar refractivity (Wildman–Crippen MR) is 233 cm³/mol. The highest BCUT2D eigenvalue weighted by Crippen LogP contribution is 2.38. The fraction of sp³-hybridized carbons (Fsp3) is 0.978. The zero-order valence-electron chi connectivity index (χ0n) is 37.4. The first-order chi connectivity index (χ1) is 26.5.